The van der Waals surface area contributed by atoms with Crippen molar-refractivity contribution in [2.75, 3.05) is 7.11 Å². The lowest BCUT2D eigenvalue weighted by atomic mass is 9.92. The molecule has 1 saturated heterocycles. The van der Waals surface area contributed by atoms with Crippen LogP contribution in [-0.4, -0.2) is 30.1 Å². The second kappa shape index (κ2) is 10.4. The standard InChI is InChI=1S/C31H34N2O2/c1-3-5-22-8-12-24(13-9-22)25-6-4-7-26(18-25)27-19-28-14-15-29(20-27)33(28)31(34)32-21-23-10-16-30(35-2)17-11-23/h4,6-13,16-19,28-29H,3,5,14-15,20-21H2,1-2H3,(H,32,34). The number of urea groups is 1. The molecule has 0 saturated carbocycles. The highest BCUT2D eigenvalue weighted by Gasteiger charge is 2.39. The fraction of sp³-hybridized carbons (Fsp3) is 0.323. The van der Waals surface area contributed by atoms with Crippen LogP contribution in [0.1, 0.15) is 49.3 Å². The van der Waals surface area contributed by atoms with Crippen LogP contribution in [0.15, 0.2) is 78.9 Å². The topological polar surface area (TPSA) is 41.6 Å². The van der Waals surface area contributed by atoms with Crippen LogP contribution in [0.5, 0.6) is 5.75 Å². The first-order chi connectivity index (χ1) is 17.1. The molecule has 2 aliphatic rings. The molecular formula is C31H34N2O2. The smallest absolute Gasteiger partial charge is 0.318 e. The highest BCUT2D eigenvalue weighted by Crippen LogP contribution is 2.39. The summed E-state index contributed by atoms with van der Waals surface area (Å²) >= 11 is 0. The van der Waals surface area contributed by atoms with E-state index in [1.165, 1.54) is 34.2 Å². The van der Waals surface area contributed by atoms with Crippen molar-refractivity contribution in [1.82, 2.24) is 10.2 Å². The summed E-state index contributed by atoms with van der Waals surface area (Å²) in [6, 6.07) is 26.1. The Kier molecular flexibility index (Phi) is 6.89. The number of rotatable bonds is 7. The van der Waals surface area contributed by atoms with E-state index in [-0.39, 0.29) is 18.1 Å². The van der Waals surface area contributed by atoms with Gasteiger partial charge in [-0.2, -0.15) is 0 Å². The number of aryl methyl sites for hydroxylation is 1. The molecule has 3 aromatic rings. The number of hydrogen-bond acceptors (Lipinski definition) is 2. The van der Waals surface area contributed by atoms with Gasteiger partial charge in [-0.15, -0.1) is 0 Å². The molecule has 4 heteroatoms. The first kappa shape index (κ1) is 23.2. The molecule has 2 aliphatic heterocycles. The summed E-state index contributed by atoms with van der Waals surface area (Å²) in [7, 11) is 1.66. The van der Waals surface area contributed by atoms with E-state index >= 15 is 0 Å². The largest absolute Gasteiger partial charge is 0.497 e. The Morgan fingerprint density at radius 2 is 1.69 bits per heavy atom. The van der Waals surface area contributed by atoms with Crippen LogP contribution >= 0.6 is 0 Å². The molecule has 35 heavy (non-hydrogen) atoms. The number of carbonyl (C=O) groups is 1. The number of nitrogens with zero attached hydrogens (tertiary/aromatic N) is 1. The summed E-state index contributed by atoms with van der Waals surface area (Å²) in [5, 5.41) is 3.12. The average Bonchev–Trinajstić information content (AvgIpc) is 3.17. The molecule has 2 heterocycles. The third kappa shape index (κ3) is 5.12. The highest BCUT2D eigenvalue weighted by molar-refractivity contribution is 5.80. The van der Waals surface area contributed by atoms with Crippen LogP contribution in [0.25, 0.3) is 16.7 Å². The van der Waals surface area contributed by atoms with Gasteiger partial charge in [-0.3, -0.25) is 0 Å². The lowest BCUT2D eigenvalue weighted by molar-refractivity contribution is 0.179. The summed E-state index contributed by atoms with van der Waals surface area (Å²) in [6.07, 6.45) is 7.61. The van der Waals surface area contributed by atoms with Crippen molar-refractivity contribution >= 4 is 11.6 Å². The minimum atomic E-state index is 0.0320. The van der Waals surface area contributed by atoms with Crippen molar-refractivity contribution in [3.63, 3.8) is 0 Å². The Balaban J connectivity index is 1.27. The Morgan fingerprint density at radius 1 is 0.943 bits per heavy atom. The Hall–Kier alpha value is -3.53. The van der Waals surface area contributed by atoms with Gasteiger partial charge in [0.05, 0.1) is 13.2 Å². The average molecular weight is 467 g/mol. The van der Waals surface area contributed by atoms with Gasteiger partial charge in [-0.1, -0.05) is 74.0 Å². The van der Waals surface area contributed by atoms with Crippen LogP contribution in [0.3, 0.4) is 0 Å². The Bertz CT molecular complexity index is 1200. The van der Waals surface area contributed by atoms with E-state index in [1.807, 2.05) is 24.3 Å². The van der Waals surface area contributed by atoms with Gasteiger partial charge in [0.2, 0.25) is 0 Å². The number of nitrogens with one attached hydrogen (secondary N) is 1. The third-order valence-corrected chi connectivity index (χ3v) is 7.29. The zero-order valence-electron chi connectivity index (χ0n) is 20.7. The molecule has 1 fully saturated rings. The molecule has 5 rings (SSSR count). The first-order valence-corrected chi connectivity index (χ1v) is 12.7. The van der Waals surface area contributed by atoms with Gasteiger partial charge in [0, 0.05) is 12.6 Å². The van der Waals surface area contributed by atoms with E-state index in [1.54, 1.807) is 7.11 Å². The monoisotopic (exact) mass is 466 g/mol. The number of fused-ring (bicyclic) bond motifs is 2. The van der Waals surface area contributed by atoms with E-state index in [2.05, 4.69) is 71.7 Å². The molecule has 1 N–H and O–H groups in total. The quantitative estimate of drug-likeness (QED) is 0.414. The summed E-state index contributed by atoms with van der Waals surface area (Å²) in [5.41, 5.74) is 7.60. The van der Waals surface area contributed by atoms with Gasteiger partial charge in [-0.25, -0.2) is 4.79 Å². The predicted octanol–water partition coefficient (Wildman–Crippen LogP) is 6.84. The molecule has 0 aromatic heterocycles. The van der Waals surface area contributed by atoms with Gasteiger partial charge in [0.15, 0.2) is 0 Å². The maximum atomic E-state index is 13.1. The summed E-state index contributed by atoms with van der Waals surface area (Å²) < 4.78 is 5.22. The van der Waals surface area contributed by atoms with Crippen LogP contribution in [0.2, 0.25) is 0 Å². The van der Waals surface area contributed by atoms with E-state index in [0.717, 1.165) is 37.0 Å². The molecule has 180 valence electrons. The van der Waals surface area contributed by atoms with Crippen molar-refractivity contribution < 1.29 is 9.53 Å². The van der Waals surface area contributed by atoms with Gasteiger partial charge in [-0.05, 0) is 77.3 Å². The molecule has 0 aliphatic carbocycles. The van der Waals surface area contributed by atoms with Crippen molar-refractivity contribution in [3.05, 3.63) is 95.6 Å². The first-order valence-electron chi connectivity index (χ1n) is 12.7. The van der Waals surface area contributed by atoms with E-state index in [4.69, 9.17) is 4.74 Å². The van der Waals surface area contributed by atoms with Gasteiger partial charge < -0.3 is 15.0 Å². The maximum Gasteiger partial charge on any atom is 0.318 e. The van der Waals surface area contributed by atoms with Gasteiger partial charge in [0.1, 0.15) is 5.75 Å². The number of benzene rings is 3. The minimum Gasteiger partial charge on any atom is -0.497 e. The van der Waals surface area contributed by atoms with Crippen LogP contribution in [0, 0.1) is 0 Å². The molecule has 2 amide bonds. The molecule has 2 atom stereocenters. The Labute approximate surface area is 208 Å². The van der Waals surface area contributed by atoms with Crippen molar-refractivity contribution in [2.24, 2.45) is 0 Å². The van der Waals surface area contributed by atoms with Crippen LogP contribution < -0.4 is 10.1 Å². The van der Waals surface area contributed by atoms with Gasteiger partial charge in [0.25, 0.3) is 0 Å². The molecule has 0 spiro atoms. The lowest BCUT2D eigenvalue weighted by Gasteiger charge is -2.34. The van der Waals surface area contributed by atoms with Crippen molar-refractivity contribution in [2.45, 2.75) is 57.7 Å². The van der Waals surface area contributed by atoms with E-state index < -0.39 is 0 Å². The molecule has 2 unspecified atom stereocenters. The molecule has 0 radical (unpaired) electrons. The normalized spacial score (nSPS) is 18.8. The number of hydrogen-bond donors (Lipinski definition) is 1. The lowest BCUT2D eigenvalue weighted by Crippen LogP contribution is -2.48. The summed E-state index contributed by atoms with van der Waals surface area (Å²) in [4.78, 5) is 15.1. The fourth-order valence-corrected chi connectivity index (χ4v) is 5.42. The summed E-state index contributed by atoms with van der Waals surface area (Å²) in [5.74, 6) is 0.824. The van der Waals surface area contributed by atoms with Crippen molar-refractivity contribution in [3.8, 4) is 16.9 Å². The maximum absolute atomic E-state index is 13.1. The fourth-order valence-electron chi connectivity index (χ4n) is 5.42. The van der Waals surface area contributed by atoms with Crippen LogP contribution in [-0.2, 0) is 13.0 Å². The molecular weight excluding hydrogens is 432 g/mol. The predicted molar refractivity (Wildman–Crippen MR) is 142 cm³/mol. The number of amides is 2. The number of carbonyl (C=O) groups excluding carboxylic acids is 1. The Morgan fingerprint density at radius 3 is 2.40 bits per heavy atom. The molecule has 4 nitrogen and oxygen atoms in total. The van der Waals surface area contributed by atoms with Crippen molar-refractivity contribution in [1.29, 1.82) is 0 Å². The zero-order valence-corrected chi connectivity index (χ0v) is 20.7. The second-order valence-electron chi connectivity index (χ2n) is 9.64. The summed E-state index contributed by atoms with van der Waals surface area (Å²) in [6.45, 7) is 2.74. The van der Waals surface area contributed by atoms with Crippen LogP contribution in [0.4, 0.5) is 4.79 Å². The van der Waals surface area contributed by atoms with E-state index in [0.29, 0.717) is 6.54 Å². The third-order valence-electron chi connectivity index (χ3n) is 7.29. The minimum absolute atomic E-state index is 0.0320. The number of ether oxygens (including phenoxy) is 1. The highest BCUT2D eigenvalue weighted by atomic mass is 16.5. The van der Waals surface area contributed by atoms with E-state index in [9.17, 15) is 4.79 Å². The molecule has 3 aromatic carbocycles. The second-order valence-corrected chi connectivity index (χ2v) is 9.64. The molecule has 2 bridgehead atoms. The number of methoxy groups -OCH3 is 1. The van der Waals surface area contributed by atoms with Gasteiger partial charge >= 0.3 is 6.03 Å². The SMILES string of the molecule is CCCc1ccc(-c2cccc(C3=CC4CCC(C3)N4C(=O)NCc3ccc(OC)cc3)c2)cc1. The zero-order chi connectivity index (χ0) is 24.2.